The van der Waals surface area contributed by atoms with E-state index >= 15 is 0 Å². The van der Waals surface area contributed by atoms with E-state index in [4.69, 9.17) is 39.5 Å². The summed E-state index contributed by atoms with van der Waals surface area (Å²) in [6.07, 6.45) is 1.14. The molecule has 1 N–H and O–H groups in total. The van der Waals surface area contributed by atoms with Crippen molar-refractivity contribution in [2.75, 3.05) is 22.5 Å². The monoisotopic (exact) mass is 512 g/mol. The van der Waals surface area contributed by atoms with Crippen molar-refractivity contribution in [1.82, 2.24) is 0 Å². The van der Waals surface area contributed by atoms with Gasteiger partial charge in [0.1, 0.15) is 5.75 Å². The number of nitrogens with zero attached hydrogens (tertiary/aromatic N) is 1. The molecule has 0 aliphatic heterocycles. The molecule has 0 radical (unpaired) electrons. The summed E-state index contributed by atoms with van der Waals surface area (Å²) in [7, 11) is -3.53. The third-order valence-electron chi connectivity index (χ3n) is 4.34. The van der Waals surface area contributed by atoms with Crippen LogP contribution >= 0.6 is 34.8 Å². The Labute approximate surface area is 201 Å². The smallest absolute Gasteiger partial charge is 0.262 e. The van der Waals surface area contributed by atoms with Gasteiger partial charge in [0.25, 0.3) is 5.91 Å². The van der Waals surface area contributed by atoms with E-state index in [1.54, 1.807) is 60.7 Å². The molecule has 3 rings (SSSR count). The van der Waals surface area contributed by atoms with E-state index < -0.39 is 15.9 Å². The van der Waals surface area contributed by atoms with Gasteiger partial charge in [0.15, 0.2) is 6.61 Å². The van der Waals surface area contributed by atoms with Crippen LogP contribution in [0.4, 0.5) is 11.4 Å². The number of carbonyl (C=O) groups excluding carboxylic acids is 1. The van der Waals surface area contributed by atoms with Crippen LogP contribution in [0.1, 0.15) is 5.56 Å². The van der Waals surface area contributed by atoms with Crippen LogP contribution in [0.5, 0.6) is 5.75 Å². The number of nitrogens with one attached hydrogen (secondary N) is 1. The number of amides is 1. The number of halogens is 3. The van der Waals surface area contributed by atoms with Crippen molar-refractivity contribution in [3.63, 3.8) is 0 Å². The molecular formula is C22H19Cl3N2O4S. The molecular weight excluding hydrogens is 495 g/mol. The van der Waals surface area contributed by atoms with Gasteiger partial charge in [-0.25, -0.2) is 8.42 Å². The zero-order valence-electron chi connectivity index (χ0n) is 16.9. The Morgan fingerprint density at radius 3 is 2.16 bits per heavy atom. The second-order valence-electron chi connectivity index (χ2n) is 6.85. The highest BCUT2D eigenvalue weighted by atomic mass is 35.5. The molecule has 0 aliphatic carbocycles. The van der Waals surface area contributed by atoms with Gasteiger partial charge in [-0.2, -0.15) is 0 Å². The minimum Gasteiger partial charge on any atom is -0.484 e. The quantitative estimate of drug-likeness (QED) is 0.423. The van der Waals surface area contributed by atoms with E-state index in [2.05, 4.69) is 5.32 Å². The predicted molar refractivity (Wildman–Crippen MR) is 130 cm³/mol. The first kappa shape index (κ1) is 24.2. The minimum atomic E-state index is -3.53. The van der Waals surface area contributed by atoms with Gasteiger partial charge in [0, 0.05) is 10.0 Å². The summed E-state index contributed by atoms with van der Waals surface area (Å²) in [5, 5.41) is 3.99. The molecule has 0 aliphatic rings. The molecule has 0 spiro atoms. The van der Waals surface area contributed by atoms with Gasteiger partial charge in [0.05, 0.1) is 29.2 Å². The first-order valence-corrected chi connectivity index (χ1v) is 12.3. The van der Waals surface area contributed by atoms with E-state index in [0.29, 0.717) is 32.2 Å². The summed E-state index contributed by atoms with van der Waals surface area (Å²) in [4.78, 5) is 12.1. The number of sulfonamides is 1. The third kappa shape index (κ3) is 6.77. The summed E-state index contributed by atoms with van der Waals surface area (Å²) in [5.74, 6) is 0.00449. The second-order valence-corrected chi connectivity index (χ2v) is 10.0. The highest BCUT2D eigenvalue weighted by Crippen LogP contribution is 2.26. The van der Waals surface area contributed by atoms with Crippen LogP contribution in [-0.4, -0.2) is 27.2 Å². The Balaban J connectivity index is 1.64. The molecule has 0 atom stereocenters. The van der Waals surface area contributed by atoms with Gasteiger partial charge in [-0.1, -0.05) is 46.9 Å². The Morgan fingerprint density at radius 2 is 1.56 bits per heavy atom. The maximum Gasteiger partial charge on any atom is 0.262 e. The van der Waals surface area contributed by atoms with Gasteiger partial charge >= 0.3 is 0 Å². The van der Waals surface area contributed by atoms with E-state index in [1.165, 1.54) is 10.4 Å². The lowest BCUT2D eigenvalue weighted by molar-refractivity contribution is -0.118. The van der Waals surface area contributed by atoms with Crippen LogP contribution in [0.3, 0.4) is 0 Å². The Kier molecular flexibility index (Phi) is 7.90. The van der Waals surface area contributed by atoms with E-state index in [-0.39, 0.29) is 13.2 Å². The van der Waals surface area contributed by atoms with Crippen molar-refractivity contribution < 1.29 is 17.9 Å². The van der Waals surface area contributed by atoms with Crippen LogP contribution in [0.15, 0.2) is 66.7 Å². The van der Waals surface area contributed by atoms with E-state index in [0.717, 1.165) is 11.8 Å². The first-order valence-electron chi connectivity index (χ1n) is 9.32. The average molecular weight is 514 g/mol. The predicted octanol–water partition coefficient (Wildman–Crippen LogP) is 5.63. The lowest BCUT2D eigenvalue weighted by Crippen LogP contribution is -2.29. The fourth-order valence-corrected chi connectivity index (χ4v) is 4.26. The van der Waals surface area contributed by atoms with Crippen molar-refractivity contribution >= 4 is 62.1 Å². The van der Waals surface area contributed by atoms with Crippen LogP contribution in [0, 0.1) is 0 Å². The molecule has 0 unspecified atom stereocenters. The van der Waals surface area contributed by atoms with Gasteiger partial charge in [-0.05, 0) is 60.2 Å². The maximum atomic E-state index is 12.3. The number of benzene rings is 3. The average Bonchev–Trinajstić information content (AvgIpc) is 2.73. The second kappa shape index (κ2) is 10.4. The fraction of sp³-hybridized carbons (Fsp3) is 0.136. The molecule has 3 aromatic rings. The zero-order chi connectivity index (χ0) is 23.3. The van der Waals surface area contributed by atoms with Gasteiger partial charge in [-0.15, -0.1) is 0 Å². The standard InChI is InChI=1S/C22H19Cl3N2O4S/c1-32(29,30)27(13-15-2-4-16(23)5-3-15)18-7-9-19(10-8-18)31-14-22(28)26-21-11-6-17(24)12-20(21)25/h2-12H,13-14H2,1H3,(H,26,28). The molecule has 10 heteroatoms. The SMILES string of the molecule is CS(=O)(=O)N(Cc1ccc(Cl)cc1)c1ccc(OCC(=O)Nc2ccc(Cl)cc2Cl)cc1. The minimum absolute atomic E-state index is 0.153. The number of ether oxygens (including phenoxy) is 1. The molecule has 0 bridgehead atoms. The molecule has 0 saturated heterocycles. The summed E-state index contributed by atoms with van der Waals surface area (Å²) in [5.41, 5.74) is 1.68. The van der Waals surface area contributed by atoms with Gasteiger partial charge in [0.2, 0.25) is 10.0 Å². The molecule has 6 nitrogen and oxygen atoms in total. The normalized spacial score (nSPS) is 11.1. The number of hydrogen-bond donors (Lipinski definition) is 1. The molecule has 1 amide bonds. The third-order valence-corrected chi connectivity index (χ3v) is 6.28. The maximum absolute atomic E-state index is 12.3. The topological polar surface area (TPSA) is 75.7 Å². The van der Waals surface area contributed by atoms with Crippen LogP contribution in [-0.2, 0) is 21.4 Å². The van der Waals surface area contributed by atoms with Gasteiger partial charge < -0.3 is 10.1 Å². The largest absolute Gasteiger partial charge is 0.484 e. The fourth-order valence-electron chi connectivity index (χ4n) is 2.79. The van der Waals surface area contributed by atoms with Crippen LogP contribution in [0.25, 0.3) is 0 Å². The number of rotatable bonds is 8. The number of hydrogen-bond acceptors (Lipinski definition) is 4. The molecule has 32 heavy (non-hydrogen) atoms. The Bertz CT molecular complexity index is 1200. The van der Waals surface area contributed by atoms with Crippen molar-refractivity contribution in [3.05, 3.63) is 87.4 Å². The molecule has 0 saturated carbocycles. The summed E-state index contributed by atoms with van der Waals surface area (Å²) in [6, 6.07) is 18.1. The highest BCUT2D eigenvalue weighted by Gasteiger charge is 2.18. The van der Waals surface area contributed by atoms with E-state index in [9.17, 15) is 13.2 Å². The molecule has 0 aromatic heterocycles. The zero-order valence-corrected chi connectivity index (χ0v) is 20.0. The van der Waals surface area contributed by atoms with Gasteiger partial charge in [-0.3, -0.25) is 9.10 Å². The summed E-state index contributed by atoms with van der Waals surface area (Å²) < 4.78 is 31.4. The first-order chi connectivity index (χ1) is 15.1. The highest BCUT2D eigenvalue weighted by molar-refractivity contribution is 7.92. The Morgan fingerprint density at radius 1 is 0.938 bits per heavy atom. The molecule has 168 valence electrons. The lowest BCUT2D eigenvalue weighted by Gasteiger charge is -2.23. The van der Waals surface area contributed by atoms with Crippen molar-refractivity contribution in [2.24, 2.45) is 0 Å². The van der Waals surface area contributed by atoms with E-state index in [1.807, 2.05) is 0 Å². The molecule has 0 fully saturated rings. The van der Waals surface area contributed by atoms with Crippen LogP contribution < -0.4 is 14.4 Å². The summed E-state index contributed by atoms with van der Waals surface area (Å²) >= 11 is 17.8. The molecule has 0 heterocycles. The lowest BCUT2D eigenvalue weighted by atomic mass is 10.2. The number of carbonyl (C=O) groups is 1. The van der Waals surface area contributed by atoms with Crippen molar-refractivity contribution in [1.29, 1.82) is 0 Å². The van der Waals surface area contributed by atoms with Crippen LogP contribution in [0.2, 0.25) is 15.1 Å². The molecule has 3 aromatic carbocycles. The summed E-state index contributed by atoms with van der Waals surface area (Å²) in [6.45, 7) is -0.0979. The number of anilines is 2. The Hall–Kier alpha value is -2.45. The van der Waals surface area contributed by atoms with Crippen molar-refractivity contribution in [3.8, 4) is 5.75 Å². The van der Waals surface area contributed by atoms with Crippen molar-refractivity contribution in [2.45, 2.75) is 6.54 Å².